The summed E-state index contributed by atoms with van der Waals surface area (Å²) >= 11 is 0. The number of ketones is 1. The maximum Gasteiger partial charge on any atom is 0.322 e. The lowest BCUT2D eigenvalue weighted by Crippen LogP contribution is -2.15. The fourth-order valence-corrected chi connectivity index (χ4v) is 1.76. The van der Waals surface area contributed by atoms with Crippen LogP contribution in [0.15, 0.2) is 48.5 Å². The van der Waals surface area contributed by atoms with Gasteiger partial charge in [0.2, 0.25) is 0 Å². The number of carboxylic acid groups (broad SMARTS) is 1. The molecular formula is C15H12FNO3. The summed E-state index contributed by atoms with van der Waals surface area (Å²) in [6.07, 6.45) is 0. The van der Waals surface area contributed by atoms with Crippen LogP contribution in [0, 0.1) is 5.82 Å². The van der Waals surface area contributed by atoms with Gasteiger partial charge in [0.15, 0.2) is 5.78 Å². The van der Waals surface area contributed by atoms with Crippen LogP contribution in [-0.2, 0) is 4.79 Å². The van der Waals surface area contributed by atoms with Crippen LogP contribution in [0.1, 0.15) is 15.9 Å². The van der Waals surface area contributed by atoms with Gasteiger partial charge in [0, 0.05) is 16.8 Å². The molecule has 0 heterocycles. The number of carbonyl (C=O) groups excluding carboxylic acids is 1. The summed E-state index contributed by atoms with van der Waals surface area (Å²) in [5.74, 6) is -1.73. The molecule has 2 rings (SSSR count). The Morgan fingerprint density at radius 3 is 2.35 bits per heavy atom. The monoisotopic (exact) mass is 273 g/mol. The van der Waals surface area contributed by atoms with Crippen molar-refractivity contribution in [3.05, 3.63) is 65.5 Å². The number of rotatable bonds is 5. The molecule has 0 amide bonds. The van der Waals surface area contributed by atoms with Crippen LogP contribution in [0.4, 0.5) is 10.1 Å². The van der Waals surface area contributed by atoms with Gasteiger partial charge in [0.25, 0.3) is 0 Å². The molecule has 2 aromatic rings. The summed E-state index contributed by atoms with van der Waals surface area (Å²) in [5, 5.41) is 11.3. The van der Waals surface area contributed by atoms with Gasteiger partial charge in [-0.2, -0.15) is 0 Å². The van der Waals surface area contributed by atoms with Crippen molar-refractivity contribution >= 4 is 17.4 Å². The van der Waals surface area contributed by atoms with Crippen molar-refractivity contribution in [2.24, 2.45) is 0 Å². The summed E-state index contributed by atoms with van der Waals surface area (Å²) in [4.78, 5) is 22.9. The Balaban J connectivity index is 2.29. The molecule has 0 atom stereocenters. The SMILES string of the molecule is O=C(O)CNc1ccccc1C(=O)c1ccc(F)cc1. The van der Waals surface area contributed by atoms with E-state index in [9.17, 15) is 14.0 Å². The van der Waals surface area contributed by atoms with Crippen LogP contribution >= 0.6 is 0 Å². The van der Waals surface area contributed by atoms with Gasteiger partial charge < -0.3 is 10.4 Å². The third-order valence-electron chi connectivity index (χ3n) is 2.71. The third kappa shape index (κ3) is 3.20. The van der Waals surface area contributed by atoms with Crippen LogP contribution in [0.5, 0.6) is 0 Å². The molecule has 4 nitrogen and oxygen atoms in total. The highest BCUT2D eigenvalue weighted by Crippen LogP contribution is 2.19. The Morgan fingerprint density at radius 2 is 1.70 bits per heavy atom. The number of nitrogens with one attached hydrogen (secondary N) is 1. The predicted molar refractivity (Wildman–Crippen MR) is 72.4 cm³/mol. The molecule has 0 spiro atoms. The van der Waals surface area contributed by atoms with E-state index in [1.165, 1.54) is 24.3 Å². The van der Waals surface area contributed by atoms with Crippen molar-refractivity contribution in [3.63, 3.8) is 0 Å². The zero-order valence-corrected chi connectivity index (χ0v) is 10.5. The number of aliphatic carboxylic acids is 1. The summed E-state index contributed by atoms with van der Waals surface area (Å²) < 4.78 is 12.9. The molecule has 0 saturated heterocycles. The Labute approximate surface area is 114 Å². The molecule has 0 radical (unpaired) electrons. The standard InChI is InChI=1S/C15H12FNO3/c16-11-7-5-10(6-8-11)15(20)12-3-1-2-4-13(12)17-9-14(18)19/h1-8,17H,9H2,(H,18,19). The fraction of sp³-hybridized carbons (Fsp3) is 0.0667. The Kier molecular flexibility index (Phi) is 4.10. The summed E-state index contributed by atoms with van der Waals surface area (Å²) in [5.41, 5.74) is 1.13. The van der Waals surface area contributed by atoms with Crippen molar-refractivity contribution in [2.45, 2.75) is 0 Å². The first kappa shape index (κ1) is 13.7. The Bertz CT molecular complexity index is 638. The van der Waals surface area contributed by atoms with Gasteiger partial charge in [-0.25, -0.2) is 4.39 Å². The predicted octanol–water partition coefficient (Wildman–Crippen LogP) is 2.55. The summed E-state index contributed by atoms with van der Waals surface area (Å²) in [6.45, 7) is -0.284. The molecule has 2 aromatic carbocycles. The topological polar surface area (TPSA) is 66.4 Å². The lowest BCUT2D eigenvalue weighted by Gasteiger charge is -2.09. The van der Waals surface area contributed by atoms with E-state index in [0.29, 0.717) is 16.8 Å². The van der Waals surface area contributed by atoms with Crippen LogP contribution in [0.2, 0.25) is 0 Å². The first-order chi connectivity index (χ1) is 9.58. The molecule has 0 aliphatic rings. The average Bonchev–Trinajstić information content (AvgIpc) is 2.45. The van der Waals surface area contributed by atoms with Gasteiger partial charge in [-0.1, -0.05) is 12.1 Å². The molecule has 5 heteroatoms. The van der Waals surface area contributed by atoms with Crippen molar-refractivity contribution in [3.8, 4) is 0 Å². The number of halogens is 1. The zero-order valence-electron chi connectivity index (χ0n) is 10.5. The first-order valence-electron chi connectivity index (χ1n) is 5.93. The van der Waals surface area contributed by atoms with Gasteiger partial charge in [-0.15, -0.1) is 0 Å². The number of carbonyl (C=O) groups is 2. The molecule has 0 aromatic heterocycles. The van der Waals surface area contributed by atoms with Crippen LogP contribution in [0.3, 0.4) is 0 Å². The zero-order chi connectivity index (χ0) is 14.5. The summed E-state index contributed by atoms with van der Waals surface area (Å²) in [7, 11) is 0. The molecule has 0 aliphatic carbocycles. The minimum atomic E-state index is -1.02. The highest BCUT2D eigenvalue weighted by molar-refractivity contribution is 6.12. The number of hydrogen-bond donors (Lipinski definition) is 2. The van der Waals surface area contributed by atoms with Crippen LogP contribution < -0.4 is 5.32 Å². The maximum atomic E-state index is 12.9. The smallest absolute Gasteiger partial charge is 0.322 e. The maximum absolute atomic E-state index is 12.9. The fourth-order valence-electron chi connectivity index (χ4n) is 1.76. The van der Waals surface area contributed by atoms with Crippen molar-refractivity contribution < 1.29 is 19.1 Å². The van der Waals surface area contributed by atoms with Gasteiger partial charge in [0.05, 0.1) is 0 Å². The molecule has 0 saturated carbocycles. The molecule has 0 unspecified atom stereocenters. The van der Waals surface area contributed by atoms with Gasteiger partial charge in [0.1, 0.15) is 12.4 Å². The Hall–Kier alpha value is -2.69. The van der Waals surface area contributed by atoms with E-state index in [1.807, 2.05) is 0 Å². The van der Waals surface area contributed by atoms with Gasteiger partial charge >= 0.3 is 5.97 Å². The molecule has 102 valence electrons. The third-order valence-corrected chi connectivity index (χ3v) is 2.71. The van der Waals surface area contributed by atoms with Gasteiger partial charge in [-0.05, 0) is 36.4 Å². The molecule has 0 bridgehead atoms. The minimum Gasteiger partial charge on any atom is -0.480 e. The Morgan fingerprint density at radius 1 is 1.05 bits per heavy atom. The van der Waals surface area contributed by atoms with E-state index in [-0.39, 0.29) is 12.3 Å². The lowest BCUT2D eigenvalue weighted by atomic mass is 10.0. The van der Waals surface area contributed by atoms with Crippen molar-refractivity contribution in [1.29, 1.82) is 0 Å². The van der Waals surface area contributed by atoms with E-state index >= 15 is 0 Å². The lowest BCUT2D eigenvalue weighted by molar-refractivity contribution is -0.134. The van der Waals surface area contributed by atoms with Crippen LogP contribution in [-0.4, -0.2) is 23.4 Å². The van der Waals surface area contributed by atoms with Gasteiger partial charge in [-0.3, -0.25) is 9.59 Å². The van der Waals surface area contributed by atoms with E-state index in [4.69, 9.17) is 5.11 Å². The molecule has 2 N–H and O–H groups in total. The first-order valence-corrected chi connectivity index (χ1v) is 5.93. The van der Waals surface area contributed by atoms with E-state index in [1.54, 1.807) is 24.3 Å². The number of benzene rings is 2. The van der Waals surface area contributed by atoms with Crippen molar-refractivity contribution in [2.75, 3.05) is 11.9 Å². The molecule has 0 aliphatic heterocycles. The van der Waals surface area contributed by atoms with E-state index in [0.717, 1.165) is 0 Å². The molecule has 0 fully saturated rings. The number of hydrogen-bond acceptors (Lipinski definition) is 3. The average molecular weight is 273 g/mol. The second-order valence-electron chi connectivity index (χ2n) is 4.13. The second-order valence-corrected chi connectivity index (χ2v) is 4.13. The second kappa shape index (κ2) is 5.97. The largest absolute Gasteiger partial charge is 0.480 e. The van der Waals surface area contributed by atoms with E-state index in [2.05, 4.69) is 5.32 Å². The minimum absolute atomic E-state index is 0.284. The normalized spacial score (nSPS) is 10.1. The highest BCUT2D eigenvalue weighted by Gasteiger charge is 2.13. The molecule has 20 heavy (non-hydrogen) atoms. The highest BCUT2D eigenvalue weighted by atomic mass is 19.1. The summed E-state index contributed by atoms with van der Waals surface area (Å²) in [6, 6.07) is 11.8. The van der Waals surface area contributed by atoms with Crippen LogP contribution in [0.25, 0.3) is 0 Å². The number of anilines is 1. The molecular weight excluding hydrogens is 261 g/mol. The van der Waals surface area contributed by atoms with Crippen molar-refractivity contribution in [1.82, 2.24) is 0 Å². The quantitative estimate of drug-likeness (QED) is 0.822. The number of para-hydroxylation sites is 1. The number of carboxylic acids is 1. The van der Waals surface area contributed by atoms with E-state index < -0.39 is 11.8 Å².